The van der Waals surface area contributed by atoms with E-state index in [2.05, 4.69) is 31.8 Å². The predicted molar refractivity (Wildman–Crippen MR) is 103 cm³/mol. The first-order chi connectivity index (χ1) is 11.9. The number of phenols is 1. The van der Waals surface area contributed by atoms with Crippen molar-refractivity contribution < 1.29 is 19.7 Å². The zero-order valence-corrected chi connectivity index (χ0v) is 15.4. The molecule has 0 bridgehead atoms. The van der Waals surface area contributed by atoms with Gasteiger partial charge in [0.1, 0.15) is 0 Å². The molecule has 2 aromatic rings. The van der Waals surface area contributed by atoms with Crippen molar-refractivity contribution in [3.63, 3.8) is 0 Å². The molecule has 0 saturated heterocycles. The van der Waals surface area contributed by atoms with Gasteiger partial charge in [0.2, 0.25) is 0 Å². The van der Waals surface area contributed by atoms with Crippen LogP contribution >= 0.6 is 28.1 Å². The number of methoxy groups -OCH3 is 1. The summed E-state index contributed by atoms with van der Waals surface area (Å²) in [5.41, 5.74) is 3.97. The number of aromatic carboxylic acids is 1. The Morgan fingerprint density at radius 2 is 2.12 bits per heavy atom. The lowest BCUT2D eigenvalue weighted by Crippen LogP contribution is -2.24. The fraction of sp³-hybridized carbons (Fsp3) is 0.0625. The summed E-state index contributed by atoms with van der Waals surface area (Å²) in [7, 11) is 1.45. The van der Waals surface area contributed by atoms with Crippen LogP contribution in [-0.4, -0.2) is 34.6 Å². The number of carbonyl (C=O) groups is 1. The number of ether oxygens (including phenoxy) is 1. The van der Waals surface area contributed by atoms with Crippen LogP contribution < -0.4 is 15.5 Å². The Bertz CT molecular complexity index is 842. The largest absolute Gasteiger partial charge is 0.503 e. The van der Waals surface area contributed by atoms with Crippen LogP contribution in [0.2, 0.25) is 0 Å². The summed E-state index contributed by atoms with van der Waals surface area (Å²) in [5.74, 6) is -0.711. The average molecular weight is 424 g/mol. The summed E-state index contributed by atoms with van der Waals surface area (Å²) in [4.78, 5) is 10.9. The van der Waals surface area contributed by atoms with Gasteiger partial charge in [0.05, 0.1) is 23.4 Å². The van der Waals surface area contributed by atoms with Crippen molar-refractivity contribution in [3.8, 4) is 11.5 Å². The number of hydrogen-bond acceptors (Lipinski definition) is 5. The number of nitrogens with one attached hydrogen (secondary N) is 2. The zero-order valence-electron chi connectivity index (χ0n) is 13.0. The minimum Gasteiger partial charge on any atom is -0.503 e. The summed E-state index contributed by atoms with van der Waals surface area (Å²) in [6.07, 6.45) is 1.49. The number of benzene rings is 2. The van der Waals surface area contributed by atoms with Gasteiger partial charge < -0.3 is 20.3 Å². The SMILES string of the molecule is COc1cc(/C=N/NC(=S)Nc2cccc(C(=O)O)c2)cc(Br)c1O. The molecule has 0 atom stereocenters. The zero-order chi connectivity index (χ0) is 18.4. The summed E-state index contributed by atoms with van der Waals surface area (Å²) >= 11 is 8.32. The van der Waals surface area contributed by atoms with E-state index in [0.717, 1.165) is 0 Å². The molecule has 9 heteroatoms. The summed E-state index contributed by atoms with van der Waals surface area (Å²) in [6, 6.07) is 9.51. The number of hydrogen-bond donors (Lipinski definition) is 4. The second-order valence-corrected chi connectivity index (χ2v) is 6.03. The number of hydrazone groups is 1. The van der Waals surface area contributed by atoms with Crippen LogP contribution in [0.3, 0.4) is 0 Å². The van der Waals surface area contributed by atoms with E-state index in [9.17, 15) is 9.90 Å². The second-order valence-electron chi connectivity index (χ2n) is 4.76. The average Bonchev–Trinajstić information content (AvgIpc) is 2.58. The van der Waals surface area contributed by atoms with Crippen molar-refractivity contribution >= 4 is 51.1 Å². The minimum absolute atomic E-state index is 0.00288. The Morgan fingerprint density at radius 1 is 1.36 bits per heavy atom. The molecule has 7 nitrogen and oxygen atoms in total. The van der Waals surface area contributed by atoms with E-state index in [1.807, 2.05) is 0 Å². The summed E-state index contributed by atoms with van der Waals surface area (Å²) in [6.45, 7) is 0. The van der Waals surface area contributed by atoms with E-state index >= 15 is 0 Å². The quantitative estimate of drug-likeness (QED) is 0.332. The third-order valence-corrected chi connectivity index (χ3v) is 3.82. The fourth-order valence-corrected chi connectivity index (χ4v) is 2.51. The van der Waals surface area contributed by atoms with Gasteiger partial charge in [0.25, 0.3) is 0 Å². The molecule has 130 valence electrons. The van der Waals surface area contributed by atoms with Gasteiger partial charge in [0.15, 0.2) is 16.6 Å². The molecule has 0 aliphatic rings. The molecule has 0 aromatic heterocycles. The number of phenolic OH excluding ortho intramolecular Hbond substituents is 1. The first-order valence-corrected chi connectivity index (χ1v) is 8.10. The number of carboxylic acid groups (broad SMARTS) is 1. The Kier molecular flexibility index (Phi) is 6.31. The van der Waals surface area contributed by atoms with Gasteiger partial charge in [-0.15, -0.1) is 0 Å². The van der Waals surface area contributed by atoms with Gasteiger partial charge in [-0.25, -0.2) is 4.79 Å². The van der Waals surface area contributed by atoms with Crippen LogP contribution in [0.15, 0.2) is 46.0 Å². The van der Waals surface area contributed by atoms with Crippen molar-refractivity contribution in [2.24, 2.45) is 5.10 Å². The first-order valence-electron chi connectivity index (χ1n) is 6.90. The van der Waals surface area contributed by atoms with Gasteiger partial charge in [-0.1, -0.05) is 6.07 Å². The van der Waals surface area contributed by atoms with Crippen LogP contribution in [0.5, 0.6) is 11.5 Å². The fourth-order valence-electron chi connectivity index (χ4n) is 1.88. The number of carboxylic acids is 1. The van der Waals surface area contributed by atoms with Crippen LogP contribution in [-0.2, 0) is 0 Å². The number of aromatic hydroxyl groups is 1. The number of nitrogens with zero attached hydrogens (tertiary/aromatic N) is 1. The first kappa shape index (κ1) is 18.7. The van der Waals surface area contributed by atoms with Gasteiger partial charge in [-0.2, -0.15) is 5.10 Å². The summed E-state index contributed by atoms with van der Waals surface area (Å²) in [5, 5.41) is 25.7. The number of anilines is 1. The highest BCUT2D eigenvalue weighted by Gasteiger charge is 2.07. The topological polar surface area (TPSA) is 103 Å². The van der Waals surface area contributed by atoms with E-state index in [1.165, 1.54) is 25.5 Å². The van der Waals surface area contributed by atoms with Gasteiger partial charge in [0, 0.05) is 5.69 Å². The number of rotatable bonds is 5. The molecule has 4 N–H and O–H groups in total. The van der Waals surface area contributed by atoms with Gasteiger partial charge >= 0.3 is 5.97 Å². The highest BCUT2D eigenvalue weighted by Crippen LogP contribution is 2.34. The summed E-state index contributed by atoms with van der Waals surface area (Å²) < 4.78 is 5.53. The van der Waals surface area contributed by atoms with E-state index < -0.39 is 5.97 Å². The van der Waals surface area contributed by atoms with E-state index in [-0.39, 0.29) is 16.4 Å². The van der Waals surface area contributed by atoms with Crippen LogP contribution in [0.25, 0.3) is 0 Å². The van der Waals surface area contributed by atoms with Crippen LogP contribution in [0.4, 0.5) is 5.69 Å². The van der Waals surface area contributed by atoms with Crippen molar-refractivity contribution in [2.45, 2.75) is 0 Å². The lowest BCUT2D eigenvalue weighted by Gasteiger charge is -2.08. The maximum absolute atomic E-state index is 10.9. The van der Waals surface area contributed by atoms with Crippen LogP contribution in [0, 0.1) is 0 Å². The maximum Gasteiger partial charge on any atom is 0.335 e. The van der Waals surface area contributed by atoms with Crippen molar-refractivity contribution in [1.82, 2.24) is 5.43 Å². The van der Waals surface area contributed by atoms with Crippen LogP contribution in [0.1, 0.15) is 15.9 Å². The molecular weight excluding hydrogens is 410 g/mol. The van der Waals surface area contributed by atoms with E-state index in [4.69, 9.17) is 22.1 Å². The molecule has 2 aromatic carbocycles. The molecule has 0 heterocycles. The van der Waals surface area contributed by atoms with Crippen molar-refractivity contribution in [3.05, 3.63) is 52.0 Å². The van der Waals surface area contributed by atoms with Crippen molar-refractivity contribution in [2.75, 3.05) is 12.4 Å². The molecular formula is C16H14BrN3O4S. The Hall–Kier alpha value is -2.65. The predicted octanol–water partition coefficient (Wildman–Crippen LogP) is 3.18. The molecule has 2 rings (SSSR count). The monoisotopic (exact) mass is 423 g/mol. The molecule has 0 aliphatic carbocycles. The third-order valence-electron chi connectivity index (χ3n) is 3.02. The Balaban J connectivity index is 2.00. The molecule has 0 spiro atoms. The second kappa shape index (κ2) is 8.45. The normalized spacial score (nSPS) is 10.5. The molecule has 0 amide bonds. The molecule has 0 fully saturated rings. The van der Waals surface area contributed by atoms with Gasteiger partial charge in [-0.3, -0.25) is 5.43 Å². The van der Waals surface area contributed by atoms with Crippen molar-refractivity contribution in [1.29, 1.82) is 0 Å². The molecule has 0 unspecified atom stereocenters. The molecule has 0 radical (unpaired) electrons. The van der Waals surface area contributed by atoms with E-state index in [1.54, 1.807) is 24.3 Å². The lowest BCUT2D eigenvalue weighted by molar-refractivity contribution is 0.0697. The molecule has 0 aliphatic heterocycles. The lowest BCUT2D eigenvalue weighted by atomic mass is 10.2. The number of halogens is 1. The maximum atomic E-state index is 10.9. The molecule has 0 saturated carbocycles. The Labute approximate surface area is 157 Å². The van der Waals surface area contributed by atoms with E-state index in [0.29, 0.717) is 21.5 Å². The standard InChI is InChI=1S/C16H14BrN3O4S/c1-24-13-6-9(5-12(17)14(13)21)8-18-20-16(25)19-11-4-2-3-10(7-11)15(22)23/h2-8,21H,1H3,(H,22,23)(H2,19,20,25)/b18-8+. The third kappa shape index (κ3) is 5.16. The van der Waals surface area contributed by atoms with Gasteiger partial charge in [-0.05, 0) is 64.0 Å². The molecule has 25 heavy (non-hydrogen) atoms. The highest BCUT2D eigenvalue weighted by atomic mass is 79.9. The smallest absolute Gasteiger partial charge is 0.335 e. The minimum atomic E-state index is -1.02. The highest BCUT2D eigenvalue weighted by molar-refractivity contribution is 9.10. The Morgan fingerprint density at radius 3 is 2.80 bits per heavy atom. The number of thiocarbonyl (C=S) groups is 1.